The molecule has 0 unspecified atom stereocenters. The molecule has 0 spiro atoms. The standard InChI is InChI=1S/C18H17N3O/c1-3-14(17-7-8-20-21-17)4-2-13(1)15-5-6-18-16(11-15)12-19-9-10-22-18/h1-8,11,19H,9-10,12H2,(H,20,21). The molecule has 2 heterocycles. The number of aromatic nitrogens is 2. The van der Waals surface area contributed by atoms with Crippen LogP contribution in [0.5, 0.6) is 5.75 Å². The van der Waals surface area contributed by atoms with E-state index >= 15 is 0 Å². The fourth-order valence-corrected chi connectivity index (χ4v) is 2.75. The lowest BCUT2D eigenvalue weighted by atomic mass is 10.0. The average molecular weight is 291 g/mol. The van der Waals surface area contributed by atoms with Crippen LogP contribution >= 0.6 is 0 Å². The number of H-pyrrole nitrogens is 1. The maximum Gasteiger partial charge on any atom is 0.123 e. The second-order valence-electron chi connectivity index (χ2n) is 5.40. The summed E-state index contributed by atoms with van der Waals surface area (Å²) in [4.78, 5) is 0. The van der Waals surface area contributed by atoms with Gasteiger partial charge in [-0.25, -0.2) is 0 Å². The van der Waals surface area contributed by atoms with E-state index < -0.39 is 0 Å². The van der Waals surface area contributed by atoms with Gasteiger partial charge in [0.25, 0.3) is 0 Å². The monoisotopic (exact) mass is 291 g/mol. The van der Waals surface area contributed by atoms with Gasteiger partial charge in [0, 0.05) is 24.8 Å². The van der Waals surface area contributed by atoms with Crippen molar-refractivity contribution in [2.24, 2.45) is 0 Å². The lowest BCUT2D eigenvalue weighted by molar-refractivity contribution is 0.326. The molecule has 0 saturated heterocycles. The molecule has 4 heteroatoms. The van der Waals surface area contributed by atoms with Crippen LogP contribution in [0.1, 0.15) is 5.56 Å². The Hall–Kier alpha value is -2.59. The number of nitrogens with zero attached hydrogens (tertiary/aromatic N) is 1. The summed E-state index contributed by atoms with van der Waals surface area (Å²) in [5, 5.41) is 10.3. The third-order valence-corrected chi connectivity index (χ3v) is 3.94. The largest absolute Gasteiger partial charge is 0.492 e. The fourth-order valence-electron chi connectivity index (χ4n) is 2.75. The molecule has 0 bridgehead atoms. The Morgan fingerprint density at radius 2 is 1.73 bits per heavy atom. The summed E-state index contributed by atoms with van der Waals surface area (Å²) in [6.07, 6.45) is 1.77. The van der Waals surface area contributed by atoms with Crippen LogP contribution in [0, 0.1) is 0 Å². The van der Waals surface area contributed by atoms with Gasteiger partial charge in [0.15, 0.2) is 0 Å². The van der Waals surface area contributed by atoms with Crippen molar-refractivity contribution in [1.29, 1.82) is 0 Å². The second-order valence-corrected chi connectivity index (χ2v) is 5.40. The highest BCUT2D eigenvalue weighted by Gasteiger charge is 2.10. The van der Waals surface area contributed by atoms with Crippen molar-refractivity contribution < 1.29 is 4.74 Å². The summed E-state index contributed by atoms with van der Waals surface area (Å²) in [5.74, 6) is 0.989. The highest BCUT2D eigenvalue weighted by Crippen LogP contribution is 2.29. The van der Waals surface area contributed by atoms with Gasteiger partial charge in [0.05, 0.1) is 5.69 Å². The SMILES string of the molecule is c1cc(-c2ccc(-c3ccc4c(c3)CNCCO4)cc2)[nH]n1. The molecule has 2 N–H and O–H groups in total. The van der Waals surface area contributed by atoms with Crippen LogP contribution in [0.4, 0.5) is 0 Å². The Bertz CT molecular complexity index is 764. The number of hydrogen-bond donors (Lipinski definition) is 2. The molecule has 4 nitrogen and oxygen atoms in total. The Balaban J connectivity index is 1.66. The van der Waals surface area contributed by atoms with Crippen molar-refractivity contribution in [3.63, 3.8) is 0 Å². The van der Waals surface area contributed by atoms with E-state index in [1.165, 1.54) is 16.7 Å². The molecule has 0 fully saturated rings. The summed E-state index contributed by atoms with van der Waals surface area (Å²) in [5.41, 5.74) is 5.80. The van der Waals surface area contributed by atoms with Crippen LogP contribution < -0.4 is 10.1 Å². The molecular formula is C18H17N3O. The van der Waals surface area contributed by atoms with Gasteiger partial charge >= 0.3 is 0 Å². The molecule has 2 aromatic carbocycles. The summed E-state index contributed by atoms with van der Waals surface area (Å²) in [6.45, 7) is 2.48. The first-order valence-corrected chi connectivity index (χ1v) is 7.47. The van der Waals surface area contributed by atoms with E-state index in [1.54, 1.807) is 6.20 Å². The molecule has 4 rings (SSSR count). The van der Waals surface area contributed by atoms with Crippen molar-refractivity contribution >= 4 is 0 Å². The number of aromatic amines is 1. The zero-order valence-electron chi connectivity index (χ0n) is 12.2. The molecular weight excluding hydrogens is 274 g/mol. The van der Waals surface area contributed by atoms with Gasteiger partial charge in [-0.3, -0.25) is 5.10 Å². The number of benzene rings is 2. The first kappa shape index (κ1) is 13.1. The highest BCUT2D eigenvalue weighted by molar-refractivity contribution is 5.70. The van der Waals surface area contributed by atoms with Crippen molar-refractivity contribution in [2.75, 3.05) is 13.2 Å². The highest BCUT2D eigenvalue weighted by atomic mass is 16.5. The topological polar surface area (TPSA) is 49.9 Å². The molecule has 0 aliphatic carbocycles. The van der Waals surface area contributed by atoms with Gasteiger partial charge in [-0.2, -0.15) is 5.10 Å². The minimum absolute atomic E-state index is 0.727. The number of rotatable bonds is 2. The van der Waals surface area contributed by atoms with Gasteiger partial charge in [-0.1, -0.05) is 30.3 Å². The average Bonchev–Trinajstić information content (AvgIpc) is 3.00. The predicted octanol–water partition coefficient (Wildman–Crippen LogP) is 3.23. The number of nitrogens with one attached hydrogen (secondary N) is 2. The van der Waals surface area contributed by atoms with E-state index in [4.69, 9.17) is 4.74 Å². The van der Waals surface area contributed by atoms with E-state index in [9.17, 15) is 0 Å². The number of hydrogen-bond acceptors (Lipinski definition) is 3. The maximum atomic E-state index is 5.73. The third-order valence-electron chi connectivity index (χ3n) is 3.94. The molecule has 0 amide bonds. The van der Waals surface area contributed by atoms with Gasteiger partial charge in [0.1, 0.15) is 12.4 Å². The lowest BCUT2D eigenvalue weighted by Gasteiger charge is -2.09. The zero-order chi connectivity index (χ0) is 14.8. The van der Waals surface area contributed by atoms with Gasteiger partial charge < -0.3 is 10.1 Å². The fraction of sp³-hybridized carbons (Fsp3) is 0.167. The van der Waals surface area contributed by atoms with Crippen molar-refractivity contribution in [2.45, 2.75) is 6.54 Å². The Morgan fingerprint density at radius 3 is 2.55 bits per heavy atom. The normalized spacial score (nSPS) is 14.0. The zero-order valence-corrected chi connectivity index (χ0v) is 12.2. The maximum absolute atomic E-state index is 5.73. The van der Waals surface area contributed by atoms with Crippen LogP contribution in [0.15, 0.2) is 54.7 Å². The summed E-state index contributed by atoms with van der Waals surface area (Å²) in [7, 11) is 0. The lowest BCUT2D eigenvalue weighted by Crippen LogP contribution is -2.16. The van der Waals surface area contributed by atoms with Crippen LogP contribution in [0.25, 0.3) is 22.4 Å². The van der Waals surface area contributed by atoms with Crippen molar-refractivity contribution in [3.8, 4) is 28.1 Å². The van der Waals surface area contributed by atoms with Crippen LogP contribution in [0.3, 0.4) is 0 Å². The molecule has 0 saturated carbocycles. The van der Waals surface area contributed by atoms with E-state index in [1.807, 2.05) is 6.07 Å². The summed E-state index contributed by atoms with van der Waals surface area (Å²) < 4.78 is 5.73. The Labute approximate surface area is 129 Å². The summed E-state index contributed by atoms with van der Waals surface area (Å²) >= 11 is 0. The van der Waals surface area contributed by atoms with Gasteiger partial charge in [0.2, 0.25) is 0 Å². The van der Waals surface area contributed by atoms with E-state index in [0.29, 0.717) is 0 Å². The second kappa shape index (κ2) is 5.66. The van der Waals surface area contributed by atoms with Crippen molar-refractivity contribution in [1.82, 2.24) is 15.5 Å². The van der Waals surface area contributed by atoms with Gasteiger partial charge in [-0.05, 0) is 34.9 Å². The Kier molecular flexibility index (Phi) is 3.37. The first-order chi connectivity index (χ1) is 10.9. The Morgan fingerprint density at radius 1 is 0.909 bits per heavy atom. The number of ether oxygens (including phenoxy) is 1. The minimum atomic E-state index is 0.727. The predicted molar refractivity (Wildman–Crippen MR) is 86.7 cm³/mol. The molecule has 0 radical (unpaired) electrons. The van der Waals surface area contributed by atoms with Gasteiger partial charge in [-0.15, -0.1) is 0 Å². The molecule has 1 aliphatic heterocycles. The molecule has 0 atom stereocenters. The summed E-state index contributed by atoms with van der Waals surface area (Å²) in [6, 6.07) is 16.9. The van der Waals surface area contributed by atoms with Crippen molar-refractivity contribution in [3.05, 3.63) is 60.3 Å². The first-order valence-electron chi connectivity index (χ1n) is 7.47. The molecule has 110 valence electrons. The van der Waals surface area contributed by atoms with Crippen LogP contribution in [0.2, 0.25) is 0 Å². The molecule has 1 aromatic heterocycles. The smallest absolute Gasteiger partial charge is 0.123 e. The quantitative estimate of drug-likeness (QED) is 0.762. The minimum Gasteiger partial charge on any atom is -0.492 e. The van der Waals surface area contributed by atoms with Crippen LogP contribution in [-0.2, 0) is 6.54 Å². The van der Waals surface area contributed by atoms with E-state index in [-0.39, 0.29) is 0 Å². The molecule has 22 heavy (non-hydrogen) atoms. The molecule has 1 aliphatic rings. The molecule has 3 aromatic rings. The van der Waals surface area contributed by atoms with E-state index in [0.717, 1.165) is 36.7 Å². The number of fused-ring (bicyclic) bond motifs is 1. The van der Waals surface area contributed by atoms with E-state index in [2.05, 4.69) is 58.0 Å². The third kappa shape index (κ3) is 2.49. The van der Waals surface area contributed by atoms with Crippen LogP contribution in [-0.4, -0.2) is 23.3 Å².